The van der Waals surface area contributed by atoms with Gasteiger partial charge in [-0.25, -0.2) is 17.2 Å². The smallest absolute Gasteiger partial charge is 0.229 e. The van der Waals surface area contributed by atoms with Crippen molar-refractivity contribution in [2.45, 2.75) is 19.3 Å². The van der Waals surface area contributed by atoms with Gasteiger partial charge < -0.3 is 0 Å². The quantitative estimate of drug-likeness (QED) is 0.655. The number of alkyl halides is 2. The first-order chi connectivity index (χ1) is 4.99. The Labute approximate surface area is 64.5 Å². The molecule has 0 amide bonds. The molecule has 0 aromatic carbocycles. The molecule has 0 unspecified atom stereocenters. The summed E-state index contributed by atoms with van der Waals surface area (Å²) in [7, 11) is -3.47. The van der Waals surface area contributed by atoms with Gasteiger partial charge in [0.1, 0.15) is 5.75 Å². The van der Waals surface area contributed by atoms with E-state index in [-0.39, 0.29) is 11.7 Å². The standard InChI is InChI=1S/C6H10F2O2S/c7-6(8)4-11(9,10)3-5-1-2-5/h5-6H,1-4H2. The van der Waals surface area contributed by atoms with Crippen LogP contribution >= 0.6 is 0 Å². The minimum atomic E-state index is -3.47. The summed E-state index contributed by atoms with van der Waals surface area (Å²) in [5.74, 6) is -0.848. The van der Waals surface area contributed by atoms with E-state index in [1.807, 2.05) is 0 Å². The van der Waals surface area contributed by atoms with Gasteiger partial charge in [-0.1, -0.05) is 0 Å². The Morgan fingerprint density at radius 1 is 1.36 bits per heavy atom. The Balaban J connectivity index is 2.38. The Hall–Kier alpha value is -0.190. The third kappa shape index (κ3) is 3.65. The number of sulfone groups is 1. The lowest BCUT2D eigenvalue weighted by Gasteiger charge is -2.00. The lowest BCUT2D eigenvalue weighted by molar-refractivity contribution is 0.174. The second-order valence-corrected chi connectivity index (χ2v) is 5.07. The van der Waals surface area contributed by atoms with Gasteiger partial charge in [0.2, 0.25) is 0 Å². The Kier molecular flexibility index (Phi) is 2.47. The highest BCUT2D eigenvalue weighted by Crippen LogP contribution is 2.30. The molecule has 1 aliphatic carbocycles. The largest absolute Gasteiger partial charge is 0.252 e. The number of halogens is 2. The first kappa shape index (κ1) is 8.90. The molecule has 0 aromatic heterocycles. The zero-order chi connectivity index (χ0) is 8.48. The van der Waals surface area contributed by atoms with Crippen molar-refractivity contribution in [3.8, 4) is 0 Å². The summed E-state index contributed by atoms with van der Waals surface area (Å²) in [4.78, 5) is 0. The van der Waals surface area contributed by atoms with Crippen LogP contribution in [-0.2, 0) is 9.84 Å². The van der Waals surface area contributed by atoms with Gasteiger partial charge in [0, 0.05) is 0 Å². The maximum absolute atomic E-state index is 11.6. The van der Waals surface area contributed by atoms with Gasteiger partial charge in [-0.2, -0.15) is 0 Å². The molecule has 0 N–H and O–H groups in total. The van der Waals surface area contributed by atoms with E-state index in [0.29, 0.717) is 0 Å². The molecule has 1 saturated carbocycles. The Morgan fingerprint density at radius 3 is 2.27 bits per heavy atom. The highest BCUT2D eigenvalue weighted by atomic mass is 32.2. The molecule has 0 bridgehead atoms. The molecule has 11 heavy (non-hydrogen) atoms. The second-order valence-electron chi connectivity index (χ2n) is 2.91. The van der Waals surface area contributed by atoms with Gasteiger partial charge in [0.05, 0.1) is 5.75 Å². The average Bonchev–Trinajstić information content (AvgIpc) is 2.43. The topological polar surface area (TPSA) is 34.1 Å². The van der Waals surface area contributed by atoms with Crippen LogP contribution in [0.2, 0.25) is 0 Å². The molecular formula is C6H10F2O2S. The predicted octanol–water partition coefficient (Wildman–Crippen LogP) is 1.08. The molecule has 0 aromatic rings. The van der Waals surface area contributed by atoms with Crippen LogP contribution in [0.1, 0.15) is 12.8 Å². The fraction of sp³-hybridized carbons (Fsp3) is 1.00. The first-order valence-electron chi connectivity index (χ1n) is 3.48. The molecule has 0 spiro atoms. The highest BCUT2D eigenvalue weighted by Gasteiger charge is 2.29. The molecule has 0 heterocycles. The van der Waals surface area contributed by atoms with E-state index in [1.165, 1.54) is 0 Å². The molecule has 5 heteroatoms. The van der Waals surface area contributed by atoms with Crippen molar-refractivity contribution < 1.29 is 17.2 Å². The maximum atomic E-state index is 11.6. The van der Waals surface area contributed by atoms with Gasteiger partial charge in [-0.05, 0) is 18.8 Å². The van der Waals surface area contributed by atoms with Gasteiger partial charge in [-0.15, -0.1) is 0 Å². The molecule has 1 aliphatic rings. The van der Waals surface area contributed by atoms with Crippen molar-refractivity contribution >= 4 is 9.84 Å². The van der Waals surface area contributed by atoms with Crippen LogP contribution in [0.4, 0.5) is 8.78 Å². The Morgan fingerprint density at radius 2 is 1.91 bits per heavy atom. The van der Waals surface area contributed by atoms with Gasteiger partial charge >= 0.3 is 0 Å². The van der Waals surface area contributed by atoms with Crippen LogP contribution in [-0.4, -0.2) is 26.3 Å². The van der Waals surface area contributed by atoms with Gasteiger partial charge in [0.25, 0.3) is 6.43 Å². The van der Waals surface area contributed by atoms with Crippen LogP contribution in [0, 0.1) is 5.92 Å². The van der Waals surface area contributed by atoms with Crippen LogP contribution in [0.15, 0.2) is 0 Å². The van der Waals surface area contributed by atoms with Crippen LogP contribution in [0.25, 0.3) is 0 Å². The summed E-state index contributed by atoms with van der Waals surface area (Å²) in [5.41, 5.74) is 0. The summed E-state index contributed by atoms with van der Waals surface area (Å²) >= 11 is 0. The number of hydrogen-bond acceptors (Lipinski definition) is 2. The van der Waals surface area contributed by atoms with Crippen LogP contribution in [0.3, 0.4) is 0 Å². The van der Waals surface area contributed by atoms with Crippen molar-refractivity contribution in [3.63, 3.8) is 0 Å². The molecular weight excluding hydrogens is 174 g/mol. The molecule has 0 atom stereocenters. The van der Waals surface area contributed by atoms with E-state index in [1.54, 1.807) is 0 Å². The van der Waals surface area contributed by atoms with Gasteiger partial charge in [0.15, 0.2) is 9.84 Å². The molecule has 1 rings (SSSR count). The van der Waals surface area contributed by atoms with E-state index in [2.05, 4.69) is 0 Å². The summed E-state index contributed by atoms with van der Waals surface area (Å²) in [6.45, 7) is 0. The monoisotopic (exact) mass is 184 g/mol. The second kappa shape index (κ2) is 3.05. The maximum Gasteiger partial charge on any atom is 0.252 e. The molecule has 0 aliphatic heterocycles. The number of hydrogen-bond donors (Lipinski definition) is 0. The fourth-order valence-electron chi connectivity index (χ4n) is 0.904. The summed E-state index contributed by atoms with van der Waals surface area (Å²) in [6, 6.07) is 0. The van der Waals surface area contributed by atoms with Crippen molar-refractivity contribution in [1.82, 2.24) is 0 Å². The van der Waals surface area contributed by atoms with E-state index in [4.69, 9.17) is 0 Å². The van der Waals surface area contributed by atoms with Crippen LogP contribution in [0.5, 0.6) is 0 Å². The van der Waals surface area contributed by atoms with Crippen molar-refractivity contribution in [2.24, 2.45) is 5.92 Å². The van der Waals surface area contributed by atoms with Crippen LogP contribution < -0.4 is 0 Å². The minimum absolute atomic E-state index is 0.0443. The SMILES string of the molecule is O=S(=O)(CC(F)F)CC1CC1. The van der Waals surface area contributed by atoms with E-state index in [9.17, 15) is 17.2 Å². The summed E-state index contributed by atoms with van der Waals surface area (Å²) < 4.78 is 44.9. The fourth-order valence-corrected chi connectivity index (χ4v) is 2.48. The molecule has 0 radical (unpaired) electrons. The van der Waals surface area contributed by atoms with Crippen molar-refractivity contribution in [3.05, 3.63) is 0 Å². The molecule has 1 fully saturated rings. The normalized spacial score (nSPS) is 19.2. The average molecular weight is 184 g/mol. The molecule has 2 nitrogen and oxygen atoms in total. The minimum Gasteiger partial charge on any atom is -0.229 e. The van der Waals surface area contributed by atoms with Crippen molar-refractivity contribution in [1.29, 1.82) is 0 Å². The molecule has 0 saturated heterocycles. The Bertz CT molecular complexity index is 209. The predicted molar refractivity (Wildman–Crippen MR) is 37.4 cm³/mol. The van der Waals surface area contributed by atoms with Crippen molar-refractivity contribution in [2.75, 3.05) is 11.5 Å². The third-order valence-corrected chi connectivity index (χ3v) is 3.31. The van der Waals surface area contributed by atoms with Gasteiger partial charge in [-0.3, -0.25) is 0 Å². The summed E-state index contributed by atoms with van der Waals surface area (Å²) in [5, 5.41) is 0. The highest BCUT2D eigenvalue weighted by molar-refractivity contribution is 7.91. The third-order valence-electron chi connectivity index (χ3n) is 1.57. The van der Waals surface area contributed by atoms with E-state index >= 15 is 0 Å². The molecule has 66 valence electrons. The lowest BCUT2D eigenvalue weighted by atomic mass is 10.5. The first-order valence-corrected chi connectivity index (χ1v) is 5.30. The summed E-state index contributed by atoms with van der Waals surface area (Å²) in [6.07, 6.45) is -0.968. The zero-order valence-corrected chi connectivity index (χ0v) is 6.78. The lowest BCUT2D eigenvalue weighted by Crippen LogP contribution is -2.17. The van der Waals surface area contributed by atoms with E-state index in [0.717, 1.165) is 12.8 Å². The zero-order valence-electron chi connectivity index (χ0n) is 5.96. The van der Waals surface area contributed by atoms with E-state index < -0.39 is 22.0 Å². The number of rotatable bonds is 4.